The van der Waals surface area contributed by atoms with Crippen molar-refractivity contribution in [1.29, 1.82) is 0 Å². The minimum atomic E-state index is 0.110. The van der Waals surface area contributed by atoms with E-state index in [1.807, 2.05) is 11.3 Å². The topological polar surface area (TPSA) is 28.2 Å². The van der Waals surface area contributed by atoms with Crippen LogP contribution in [0.2, 0.25) is 0 Å². The van der Waals surface area contributed by atoms with E-state index in [0.717, 1.165) is 6.54 Å². The number of aromatic nitrogens is 1. The van der Waals surface area contributed by atoms with Gasteiger partial charge in [0.25, 0.3) is 0 Å². The molecule has 2 rings (SSSR count). The molecule has 120 valence electrons. The molecule has 0 bridgehead atoms. The van der Waals surface area contributed by atoms with Crippen molar-refractivity contribution in [2.75, 3.05) is 11.9 Å². The zero-order valence-corrected chi connectivity index (χ0v) is 15.3. The Morgan fingerprint density at radius 2 is 1.90 bits per heavy atom. The number of rotatable bonds is 5. The first-order valence-electron chi connectivity index (χ1n) is 8.25. The summed E-state index contributed by atoms with van der Waals surface area (Å²) in [7, 11) is 2.22. The summed E-state index contributed by atoms with van der Waals surface area (Å²) < 4.78 is 0. The van der Waals surface area contributed by atoms with Crippen LogP contribution in [0, 0.1) is 0 Å². The van der Waals surface area contributed by atoms with Crippen LogP contribution < -0.4 is 10.2 Å². The molecular formula is C17H31N3S. The Morgan fingerprint density at radius 3 is 2.43 bits per heavy atom. The van der Waals surface area contributed by atoms with E-state index in [2.05, 4.69) is 51.9 Å². The molecule has 1 aliphatic rings. The second kappa shape index (κ2) is 6.66. The number of hydrogen-bond donors (Lipinski definition) is 1. The molecule has 1 saturated carbocycles. The highest BCUT2D eigenvalue weighted by atomic mass is 32.1. The van der Waals surface area contributed by atoms with E-state index in [4.69, 9.17) is 4.98 Å². The van der Waals surface area contributed by atoms with E-state index in [-0.39, 0.29) is 5.41 Å². The zero-order valence-electron chi connectivity index (χ0n) is 14.5. The van der Waals surface area contributed by atoms with Gasteiger partial charge in [-0.3, -0.25) is 0 Å². The minimum absolute atomic E-state index is 0.110. The average molecular weight is 310 g/mol. The third-order valence-corrected chi connectivity index (χ3v) is 5.39. The van der Waals surface area contributed by atoms with E-state index in [1.54, 1.807) is 0 Å². The minimum Gasteiger partial charge on any atom is -0.348 e. The molecule has 0 amide bonds. The maximum atomic E-state index is 5.01. The molecule has 3 nitrogen and oxygen atoms in total. The van der Waals surface area contributed by atoms with Crippen molar-refractivity contribution in [2.45, 2.75) is 84.3 Å². The van der Waals surface area contributed by atoms with Crippen molar-refractivity contribution < 1.29 is 0 Å². The standard InChI is InChI=1S/C17H31N3S/c1-12(2)18-11-14-15(17(3,4)5)19-16(21-14)20(6)13-9-7-8-10-13/h12-13,18H,7-11H2,1-6H3. The Morgan fingerprint density at radius 1 is 1.29 bits per heavy atom. The average Bonchev–Trinajstić information content (AvgIpc) is 3.04. The summed E-state index contributed by atoms with van der Waals surface area (Å²) in [6, 6.07) is 1.20. The number of nitrogens with zero attached hydrogens (tertiary/aromatic N) is 2. The Kier molecular flexibility index (Phi) is 5.31. The third-order valence-electron chi connectivity index (χ3n) is 4.24. The number of thiazole rings is 1. The SMILES string of the molecule is CC(C)NCc1sc(N(C)C2CCCC2)nc1C(C)(C)C. The molecule has 1 aromatic rings. The summed E-state index contributed by atoms with van der Waals surface area (Å²) >= 11 is 1.88. The molecule has 0 aromatic carbocycles. The van der Waals surface area contributed by atoms with Gasteiger partial charge in [-0.05, 0) is 12.8 Å². The van der Waals surface area contributed by atoms with Crippen LogP contribution in [-0.4, -0.2) is 24.1 Å². The number of anilines is 1. The highest BCUT2D eigenvalue weighted by Crippen LogP contribution is 2.36. The molecule has 0 saturated heterocycles. The van der Waals surface area contributed by atoms with Gasteiger partial charge >= 0.3 is 0 Å². The van der Waals surface area contributed by atoms with Crippen LogP contribution in [-0.2, 0) is 12.0 Å². The van der Waals surface area contributed by atoms with E-state index < -0.39 is 0 Å². The highest BCUT2D eigenvalue weighted by molar-refractivity contribution is 7.15. The fourth-order valence-electron chi connectivity index (χ4n) is 2.94. The van der Waals surface area contributed by atoms with Crippen molar-refractivity contribution >= 4 is 16.5 Å². The molecule has 0 atom stereocenters. The van der Waals surface area contributed by atoms with Crippen molar-refractivity contribution in [3.63, 3.8) is 0 Å². The predicted octanol–water partition coefficient (Wildman–Crippen LogP) is 4.32. The lowest BCUT2D eigenvalue weighted by atomic mass is 9.91. The lowest BCUT2D eigenvalue weighted by molar-refractivity contribution is 0.545. The van der Waals surface area contributed by atoms with E-state index >= 15 is 0 Å². The summed E-state index contributed by atoms with van der Waals surface area (Å²) in [4.78, 5) is 8.83. The lowest BCUT2D eigenvalue weighted by Gasteiger charge is -2.23. The quantitative estimate of drug-likeness (QED) is 0.878. The van der Waals surface area contributed by atoms with Gasteiger partial charge in [0.05, 0.1) is 5.69 Å². The monoisotopic (exact) mass is 309 g/mol. The molecule has 1 heterocycles. The first-order valence-corrected chi connectivity index (χ1v) is 9.07. The predicted molar refractivity (Wildman–Crippen MR) is 93.4 cm³/mol. The summed E-state index contributed by atoms with van der Waals surface area (Å²) in [5.41, 5.74) is 1.37. The number of nitrogens with one attached hydrogen (secondary N) is 1. The zero-order chi connectivity index (χ0) is 15.6. The molecule has 1 N–H and O–H groups in total. The van der Waals surface area contributed by atoms with Gasteiger partial charge in [-0.15, -0.1) is 11.3 Å². The molecule has 1 fully saturated rings. The van der Waals surface area contributed by atoms with Crippen LogP contribution in [0.15, 0.2) is 0 Å². The van der Waals surface area contributed by atoms with Crippen LogP contribution >= 0.6 is 11.3 Å². The van der Waals surface area contributed by atoms with Gasteiger partial charge in [0.15, 0.2) is 5.13 Å². The van der Waals surface area contributed by atoms with Crippen LogP contribution in [0.1, 0.15) is 70.9 Å². The normalized spacial score (nSPS) is 16.9. The van der Waals surface area contributed by atoms with E-state index in [0.29, 0.717) is 12.1 Å². The molecule has 0 radical (unpaired) electrons. The fraction of sp³-hybridized carbons (Fsp3) is 0.824. The molecule has 0 spiro atoms. The number of hydrogen-bond acceptors (Lipinski definition) is 4. The fourth-order valence-corrected chi connectivity index (χ4v) is 4.19. The summed E-state index contributed by atoms with van der Waals surface area (Å²) in [5.74, 6) is 0. The summed E-state index contributed by atoms with van der Waals surface area (Å²) in [6.07, 6.45) is 5.38. The van der Waals surface area contributed by atoms with Gasteiger partial charge in [-0.25, -0.2) is 4.98 Å². The lowest BCUT2D eigenvalue weighted by Crippen LogP contribution is -2.28. The Balaban J connectivity index is 2.22. The van der Waals surface area contributed by atoms with Gasteiger partial charge in [0.1, 0.15) is 0 Å². The smallest absolute Gasteiger partial charge is 0.185 e. The molecule has 4 heteroatoms. The van der Waals surface area contributed by atoms with Crippen LogP contribution in [0.5, 0.6) is 0 Å². The maximum Gasteiger partial charge on any atom is 0.185 e. The maximum absolute atomic E-state index is 5.01. The Hall–Kier alpha value is -0.610. The molecule has 1 aromatic heterocycles. The van der Waals surface area contributed by atoms with Gasteiger partial charge in [0.2, 0.25) is 0 Å². The Labute approximate surface area is 134 Å². The molecule has 0 unspecified atom stereocenters. The van der Waals surface area contributed by atoms with Gasteiger partial charge in [-0.1, -0.05) is 47.5 Å². The van der Waals surface area contributed by atoms with Crippen molar-refractivity contribution in [3.8, 4) is 0 Å². The largest absolute Gasteiger partial charge is 0.348 e. The summed E-state index contributed by atoms with van der Waals surface area (Å²) in [5, 5.41) is 4.75. The van der Waals surface area contributed by atoms with Crippen molar-refractivity contribution in [3.05, 3.63) is 10.6 Å². The van der Waals surface area contributed by atoms with Crippen molar-refractivity contribution in [1.82, 2.24) is 10.3 Å². The van der Waals surface area contributed by atoms with Gasteiger partial charge in [-0.2, -0.15) is 0 Å². The second-order valence-electron chi connectivity index (χ2n) is 7.60. The molecule has 21 heavy (non-hydrogen) atoms. The van der Waals surface area contributed by atoms with Crippen LogP contribution in [0.25, 0.3) is 0 Å². The van der Waals surface area contributed by atoms with Gasteiger partial charge in [0, 0.05) is 36.0 Å². The van der Waals surface area contributed by atoms with Crippen molar-refractivity contribution in [2.24, 2.45) is 0 Å². The molecule has 0 aliphatic heterocycles. The van der Waals surface area contributed by atoms with E-state index in [9.17, 15) is 0 Å². The third kappa shape index (κ3) is 4.19. The van der Waals surface area contributed by atoms with Crippen LogP contribution in [0.4, 0.5) is 5.13 Å². The molecule has 1 aliphatic carbocycles. The second-order valence-corrected chi connectivity index (χ2v) is 8.67. The Bertz CT molecular complexity index is 453. The van der Waals surface area contributed by atoms with Gasteiger partial charge < -0.3 is 10.2 Å². The summed E-state index contributed by atoms with van der Waals surface area (Å²) in [6.45, 7) is 12.1. The van der Waals surface area contributed by atoms with E-state index in [1.165, 1.54) is 41.4 Å². The highest BCUT2D eigenvalue weighted by Gasteiger charge is 2.27. The first kappa shape index (κ1) is 16.8. The first-order chi connectivity index (χ1) is 9.79. The molecular weight excluding hydrogens is 278 g/mol. The van der Waals surface area contributed by atoms with Crippen LogP contribution in [0.3, 0.4) is 0 Å².